The van der Waals surface area contributed by atoms with Crippen LogP contribution in [0.3, 0.4) is 0 Å². The second-order valence-corrected chi connectivity index (χ2v) is 13.0. The predicted molar refractivity (Wildman–Crippen MR) is 198 cm³/mol. The van der Waals surface area contributed by atoms with Gasteiger partial charge in [0.25, 0.3) is 0 Å². The van der Waals surface area contributed by atoms with Crippen molar-refractivity contribution in [3.63, 3.8) is 0 Å². The molecule has 0 fully saturated rings. The highest BCUT2D eigenvalue weighted by atomic mass is 15.1. The Hall–Kier alpha value is -5.86. The lowest BCUT2D eigenvalue weighted by Gasteiger charge is -2.28. The fourth-order valence-corrected chi connectivity index (χ4v) is 7.66. The molecular weight excluding hydrogens is 569 g/mol. The van der Waals surface area contributed by atoms with E-state index in [2.05, 4.69) is 193 Å². The van der Waals surface area contributed by atoms with Gasteiger partial charge in [-0.15, -0.1) is 0 Å². The summed E-state index contributed by atoms with van der Waals surface area (Å²) in [6.45, 7) is 4.69. The Balaban J connectivity index is 1.08. The molecule has 224 valence electrons. The molecule has 0 saturated carbocycles. The quantitative estimate of drug-likeness (QED) is 0.190. The summed E-state index contributed by atoms with van der Waals surface area (Å²) in [4.78, 5) is 2.37. The van der Waals surface area contributed by atoms with Crippen LogP contribution in [0, 0.1) is 0 Å². The number of aromatic nitrogens is 1. The van der Waals surface area contributed by atoms with Gasteiger partial charge in [-0.25, -0.2) is 0 Å². The van der Waals surface area contributed by atoms with Crippen molar-refractivity contribution in [1.29, 1.82) is 0 Å². The van der Waals surface area contributed by atoms with Crippen LogP contribution in [0.4, 0.5) is 17.1 Å². The van der Waals surface area contributed by atoms with E-state index in [0.717, 1.165) is 11.4 Å². The van der Waals surface area contributed by atoms with Crippen molar-refractivity contribution in [3.05, 3.63) is 181 Å². The zero-order valence-electron chi connectivity index (χ0n) is 26.6. The van der Waals surface area contributed by atoms with Crippen LogP contribution in [0.5, 0.6) is 0 Å². The summed E-state index contributed by atoms with van der Waals surface area (Å²) in [6, 6.07) is 61.8. The van der Waals surface area contributed by atoms with E-state index in [1.165, 1.54) is 66.6 Å². The van der Waals surface area contributed by atoms with Crippen molar-refractivity contribution in [2.45, 2.75) is 19.3 Å². The van der Waals surface area contributed by atoms with E-state index in [9.17, 15) is 0 Å². The van der Waals surface area contributed by atoms with Gasteiger partial charge in [0.15, 0.2) is 0 Å². The van der Waals surface area contributed by atoms with Crippen molar-refractivity contribution in [3.8, 4) is 27.9 Å². The molecule has 1 heterocycles. The molecule has 47 heavy (non-hydrogen) atoms. The smallest absolute Gasteiger partial charge is 0.0541 e. The van der Waals surface area contributed by atoms with Crippen molar-refractivity contribution >= 4 is 38.9 Å². The lowest BCUT2D eigenvalue weighted by atomic mass is 9.82. The first-order valence-corrected chi connectivity index (χ1v) is 16.4. The maximum atomic E-state index is 2.39. The average molecular weight is 603 g/mol. The normalized spacial score (nSPS) is 13.1. The third-order valence-electron chi connectivity index (χ3n) is 10.0. The molecule has 1 aliphatic carbocycles. The van der Waals surface area contributed by atoms with Crippen LogP contribution in [0.2, 0.25) is 0 Å². The average Bonchev–Trinajstić information content (AvgIpc) is 3.58. The van der Waals surface area contributed by atoms with E-state index in [4.69, 9.17) is 0 Å². The van der Waals surface area contributed by atoms with Gasteiger partial charge in [0.2, 0.25) is 0 Å². The predicted octanol–water partition coefficient (Wildman–Crippen LogP) is 12.2. The van der Waals surface area contributed by atoms with Crippen LogP contribution in [0.1, 0.15) is 25.0 Å². The summed E-state index contributed by atoms with van der Waals surface area (Å²) in [5.74, 6) is 0. The van der Waals surface area contributed by atoms with Gasteiger partial charge >= 0.3 is 0 Å². The van der Waals surface area contributed by atoms with E-state index in [1.807, 2.05) is 0 Å². The Kier molecular flexibility index (Phi) is 6.20. The monoisotopic (exact) mass is 602 g/mol. The summed E-state index contributed by atoms with van der Waals surface area (Å²) < 4.78 is 2.37. The third-order valence-corrected chi connectivity index (χ3v) is 10.0. The van der Waals surface area contributed by atoms with E-state index < -0.39 is 0 Å². The van der Waals surface area contributed by atoms with Crippen LogP contribution >= 0.6 is 0 Å². The number of nitrogens with zero attached hydrogens (tertiary/aromatic N) is 2. The Labute approximate surface area is 275 Å². The first kappa shape index (κ1) is 27.5. The van der Waals surface area contributed by atoms with Gasteiger partial charge in [0.05, 0.1) is 11.0 Å². The highest BCUT2D eigenvalue weighted by molar-refractivity contribution is 6.09. The van der Waals surface area contributed by atoms with Crippen molar-refractivity contribution in [2.75, 3.05) is 4.90 Å². The molecule has 9 rings (SSSR count). The number of benzene rings is 7. The molecule has 0 saturated heterocycles. The van der Waals surface area contributed by atoms with Crippen molar-refractivity contribution in [1.82, 2.24) is 4.57 Å². The largest absolute Gasteiger partial charge is 0.310 e. The number of hydrogen-bond acceptors (Lipinski definition) is 1. The van der Waals surface area contributed by atoms with E-state index >= 15 is 0 Å². The molecule has 0 bridgehead atoms. The molecule has 0 atom stereocenters. The van der Waals surface area contributed by atoms with Gasteiger partial charge in [0.1, 0.15) is 0 Å². The second-order valence-electron chi connectivity index (χ2n) is 13.0. The van der Waals surface area contributed by atoms with Gasteiger partial charge in [-0.2, -0.15) is 0 Å². The summed E-state index contributed by atoms with van der Waals surface area (Å²) in [5.41, 5.74) is 14.9. The SMILES string of the molecule is CC1(C)c2ccccc2-c2ccc(N(c3ccccc3)c3ccc(-c4ccc(-n5c6ccccc6c6ccccc65)cc4)cc3)cc21. The van der Waals surface area contributed by atoms with Crippen LogP contribution < -0.4 is 4.90 Å². The van der Waals surface area contributed by atoms with Crippen molar-refractivity contribution < 1.29 is 0 Å². The summed E-state index contributed by atoms with van der Waals surface area (Å²) in [5, 5.41) is 2.56. The summed E-state index contributed by atoms with van der Waals surface area (Å²) in [6.07, 6.45) is 0. The van der Waals surface area contributed by atoms with Gasteiger partial charge < -0.3 is 9.47 Å². The molecule has 1 aliphatic rings. The number of anilines is 3. The Bertz CT molecular complexity index is 2360. The lowest BCUT2D eigenvalue weighted by molar-refractivity contribution is 0.660. The molecule has 0 aliphatic heterocycles. The zero-order chi connectivity index (χ0) is 31.5. The minimum absolute atomic E-state index is 0.0560. The molecule has 2 nitrogen and oxygen atoms in total. The van der Waals surface area contributed by atoms with E-state index in [-0.39, 0.29) is 5.41 Å². The fraction of sp³-hybridized carbons (Fsp3) is 0.0667. The third kappa shape index (κ3) is 4.33. The molecule has 1 aromatic heterocycles. The highest BCUT2D eigenvalue weighted by Gasteiger charge is 2.35. The van der Waals surface area contributed by atoms with Crippen LogP contribution in [-0.4, -0.2) is 4.57 Å². The first-order valence-electron chi connectivity index (χ1n) is 16.4. The Morgan fingerprint density at radius 1 is 0.426 bits per heavy atom. The molecule has 0 radical (unpaired) electrons. The van der Waals surface area contributed by atoms with Gasteiger partial charge in [0, 0.05) is 38.9 Å². The maximum absolute atomic E-state index is 2.39. The maximum Gasteiger partial charge on any atom is 0.0541 e. The first-order chi connectivity index (χ1) is 23.1. The van der Waals surface area contributed by atoms with E-state index in [1.54, 1.807) is 0 Å². The van der Waals surface area contributed by atoms with E-state index in [0.29, 0.717) is 0 Å². The minimum atomic E-state index is -0.0560. The molecular formula is C45H34N2. The fourth-order valence-electron chi connectivity index (χ4n) is 7.66. The standard InChI is InChI=1S/C45H34N2/c1-45(2)41-17-9-6-14-37(41)38-29-28-36(30-42(38)45)46(33-12-4-3-5-13-33)34-24-20-31(21-25-34)32-22-26-35(27-23-32)47-43-18-10-7-15-39(43)40-16-8-11-19-44(40)47/h3-30H,1-2H3. The lowest BCUT2D eigenvalue weighted by Crippen LogP contribution is -2.16. The molecule has 0 amide bonds. The molecule has 0 spiro atoms. The van der Waals surface area contributed by atoms with Gasteiger partial charge in [-0.1, -0.05) is 123 Å². The second kappa shape index (κ2) is 10.6. The molecule has 7 aromatic carbocycles. The molecule has 2 heteroatoms. The number of hydrogen-bond donors (Lipinski definition) is 0. The number of para-hydroxylation sites is 3. The highest BCUT2D eigenvalue weighted by Crippen LogP contribution is 2.50. The molecule has 0 N–H and O–H groups in total. The van der Waals surface area contributed by atoms with Crippen LogP contribution in [-0.2, 0) is 5.41 Å². The topological polar surface area (TPSA) is 8.17 Å². The molecule has 8 aromatic rings. The van der Waals surface area contributed by atoms with Crippen molar-refractivity contribution in [2.24, 2.45) is 0 Å². The van der Waals surface area contributed by atoms with Gasteiger partial charge in [-0.05, 0) is 94.0 Å². The van der Waals surface area contributed by atoms with Gasteiger partial charge in [-0.3, -0.25) is 0 Å². The molecule has 0 unspecified atom stereocenters. The Morgan fingerprint density at radius 3 is 1.62 bits per heavy atom. The van der Waals surface area contributed by atoms with Crippen LogP contribution in [0.15, 0.2) is 170 Å². The zero-order valence-corrected chi connectivity index (χ0v) is 26.6. The number of rotatable bonds is 5. The van der Waals surface area contributed by atoms with Crippen LogP contribution in [0.25, 0.3) is 49.7 Å². The Morgan fingerprint density at radius 2 is 0.936 bits per heavy atom. The minimum Gasteiger partial charge on any atom is -0.310 e. The summed E-state index contributed by atoms with van der Waals surface area (Å²) >= 11 is 0. The number of fused-ring (bicyclic) bond motifs is 6. The summed E-state index contributed by atoms with van der Waals surface area (Å²) in [7, 11) is 0.